The summed E-state index contributed by atoms with van der Waals surface area (Å²) in [7, 11) is 0. The second-order valence-corrected chi connectivity index (χ2v) is 6.85. The second-order valence-electron chi connectivity index (χ2n) is 5.57. The van der Waals surface area contributed by atoms with Crippen LogP contribution in [0.5, 0.6) is 0 Å². The molecule has 0 radical (unpaired) electrons. The van der Waals surface area contributed by atoms with Crippen LogP contribution in [0.25, 0.3) is 21.7 Å². The molecule has 5 nitrogen and oxygen atoms in total. The molecular formula is C15H13ClF2N4OS. The standard InChI is InChI=1S/C15H13ClF2N4OS/c1-7-6-19-2-4-22(7)15-21-12-11(18)9(16)10(17)8(13(12)23-15)14-20-3-5-24-14/h3,5,7,19H,2,4,6H2,1H3/t7-/m0/s1. The van der Waals surface area contributed by atoms with Crippen molar-refractivity contribution in [1.82, 2.24) is 15.3 Å². The Hall–Kier alpha value is -1.77. The smallest absolute Gasteiger partial charge is 0.298 e. The highest BCUT2D eigenvalue weighted by atomic mass is 35.5. The van der Waals surface area contributed by atoms with E-state index in [2.05, 4.69) is 15.3 Å². The summed E-state index contributed by atoms with van der Waals surface area (Å²) in [4.78, 5) is 10.3. The summed E-state index contributed by atoms with van der Waals surface area (Å²) in [6.45, 7) is 4.20. The number of aromatic nitrogens is 2. The Morgan fingerprint density at radius 3 is 2.96 bits per heavy atom. The first kappa shape index (κ1) is 15.7. The molecule has 1 atom stereocenters. The van der Waals surface area contributed by atoms with Gasteiger partial charge in [-0.25, -0.2) is 13.8 Å². The average molecular weight is 371 g/mol. The first-order valence-corrected chi connectivity index (χ1v) is 8.68. The third kappa shape index (κ3) is 2.37. The Balaban J connectivity index is 1.95. The summed E-state index contributed by atoms with van der Waals surface area (Å²) in [5, 5.41) is 4.73. The molecule has 24 heavy (non-hydrogen) atoms. The minimum atomic E-state index is -0.915. The highest BCUT2D eigenvalue weighted by molar-refractivity contribution is 7.13. The third-order valence-electron chi connectivity index (χ3n) is 4.05. The predicted molar refractivity (Wildman–Crippen MR) is 89.7 cm³/mol. The third-order valence-corrected chi connectivity index (χ3v) is 5.17. The van der Waals surface area contributed by atoms with Gasteiger partial charge in [-0.2, -0.15) is 4.98 Å². The fourth-order valence-corrected chi connectivity index (χ4v) is 3.68. The molecule has 1 aromatic carbocycles. The van der Waals surface area contributed by atoms with Crippen molar-refractivity contribution in [3.05, 3.63) is 28.2 Å². The van der Waals surface area contributed by atoms with Crippen molar-refractivity contribution in [2.75, 3.05) is 24.5 Å². The van der Waals surface area contributed by atoms with E-state index in [4.69, 9.17) is 16.0 Å². The number of nitrogens with zero attached hydrogens (tertiary/aromatic N) is 3. The maximum atomic E-state index is 14.6. The Kier molecular flexibility index (Phi) is 3.90. The van der Waals surface area contributed by atoms with Crippen LogP contribution in [0.3, 0.4) is 0 Å². The van der Waals surface area contributed by atoms with Gasteiger partial charge in [-0.05, 0) is 6.92 Å². The first-order valence-electron chi connectivity index (χ1n) is 7.42. The van der Waals surface area contributed by atoms with Gasteiger partial charge in [0.2, 0.25) is 0 Å². The van der Waals surface area contributed by atoms with E-state index < -0.39 is 16.7 Å². The minimum absolute atomic E-state index is 0.0325. The summed E-state index contributed by atoms with van der Waals surface area (Å²) in [6.07, 6.45) is 1.54. The first-order chi connectivity index (χ1) is 11.6. The number of piperazine rings is 1. The molecule has 1 fully saturated rings. The van der Waals surface area contributed by atoms with Crippen LogP contribution >= 0.6 is 22.9 Å². The summed E-state index contributed by atoms with van der Waals surface area (Å²) in [5.74, 6) is -1.80. The van der Waals surface area contributed by atoms with Gasteiger partial charge < -0.3 is 14.6 Å². The van der Waals surface area contributed by atoms with Crippen molar-refractivity contribution in [3.8, 4) is 10.6 Å². The highest BCUT2D eigenvalue weighted by Gasteiger charge is 2.29. The topological polar surface area (TPSA) is 54.2 Å². The molecule has 126 valence electrons. The molecule has 1 saturated heterocycles. The maximum absolute atomic E-state index is 14.6. The highest BCUT2D eigenvalue weighted by Crippen LogP contribution is 2.40. The SMILES string of the molecule is C[C@H]1CNCCN1c1nc2c(F)c(Cl)c(F)c(-c3nccs3)c2o1. The van der Waals surface area contributed by atoms with E-state index in [1.807, 2.05) is 11.8 Å². The molecule has 3 heterocycles. The molecule has 0 aliphatic carbocycles. The number of oxazole rings is 1. The van der Waals surface area contributed by atoms with Gasteiger partial charge in [0, 0.05) is 37.3 Å². The maximum Gasteiger partial charge on any atom is 0.298 e. The molecule has 0 spiro atoms. The van der Waals surface area contributed by atoms with E-state index in [0.717, 1.165) is 13.1 Å². The van der Waals surface area contributed by atoms with Crippen molar-refractivity contribution in [1.29, 1.82) is 0 Å². The number of hydrogen-bond donors (Lipinski definition) is 1. The Morgan fingerprint density at radius 1 is 1.42 bits per heavy atom. The number of benzene rings is 1. The monoisotopic (exact) mass is 370 g/mol. The molecule has 0 bridgehead atoms. The Bertz CT molecular complexity index is 899. The van der Waals surface area contributed by atoms with Gasteiger partial charge in [0.15, 0.2) is 17.2 Å². The van der Waals surface area contributed by atoms with E-state index in [0.29, 0.717) is 11.6 Å². The van der Waals surface area contributed by atoms with Gasteiger partial charge in [0.25, 0.3) is 6.01 Å². The summed E-state index contributed by atoms with van der Waals surface area (Å²) < 4.78 is 34.7. The van der Waals surface area contributed by atoms with Crippen molar-refractivity contribution in [2.45, 2.75) is 13.0 Å². The number of thiazole rings is 1. The predicted octanol–water partition coefficient (Wildman–Crippen LogP) is 3.68. The van der Waals surface area contributed by atoms with Crippen molar-refractivity contribution in [2.24, 2.45) is 0 Å². The molecule has 1 aliphatic rings. The van der Waals surface area contributed by atoms with Crippen LogP contribution in [0, 0.1) is 11.6 Å². The van der Waals surface area contributed by atoms with Crippen LogP contribution in [0.2, 0.25) is 5.02 Å². The van der Waals surface area contributed by atoms with E-state index in [1.165, 1.54) is 17.5 Å². The molecule has 0 amide bonds. The van der Waals surface area contributed by atoms with Crippen LogP contribution in [-0.4, -0.2) is 35.6 Å². The Labute approximate surface area is 145 Å². The number of halogens is 3. The lowest BCUT2D eigenvalue weighted by atomic mass is 10.2. The fourth-order valence-electron chi connectivity index (χ4n) is 2.82. The van der Waals surface area contributed by atoms with Crippen LogP contribution in [0.4, 0.5) is 14.8 Å². The number of hydrogen-bond acceptors (Lipinski definition) is 6. The van der Waals surface area contributed by atoms with Gasteiger partial charge in [-0.3, -0.25) is 0 Å². The Morgan fingerprint density at radius 2 is 2.25 bits per heavy atom. The molecule has 3 aromatic rings. The molecule has 0 unspecified atom stereocenters. The van der Waals surface area contributed by atoms with Crippen LogP contribution in [0.1, 0.15) is 6.92 Å². The lowest BCUT2D eigenvalue weighted by Crippen LogP contribution is -2.50. The zero-order chi connectivity index (χ0) is 16.8. The number of nitrogens with one attached hydrogen (secondary N) is 1. The average Bonchev–Trinajstić information content (AvgIpc) is 3.24. The number of anilines is 1. The van der Waals surface area contributed by atoms with Crippen molar-refractivity contribution >= 4 is 40.1 Å². The fraction of sp³-hybridized carbons (Fsp3) is 0.333. The lowest BCUT2D eigenvalue weighted by molar-refractivity contribution is 0.456. The second kappa shape index (κ2) is 5.94. The molecule has 4 rings (SSSR count). The number of rotatable bonds is 2. The zero-order valence-electron chi connectivity index (χ0n) is 12.6. The van der Waals surface area contributed by atoms with E-state index in [9.17, 15) is 8.78 Å². The van der Waals surface area contributed by atoms with Crippen molar-refractivity contribution in [3.63, 3.8) is 0 Å². The normalized spacial score (nSPS) is 18.5. The quantitative estimate of drug-likeness (QED) is 0.697. The van der Waals surface area contributed by atoms with Crippen LogP contribution < -0.4 is 10.2 Å². The molecule has 0 saturated carbocycles. The van der Waals surface area contributed by atoms with Gasteiger partial charge in [0.05, 0.1) is 5.56 Å². The van der Waals surface area contributed by atoms with Gasteiger partial charge in [0.1, 0.15) is 15.5 Å². The van der Waals surface area contributed by atoms with Crippen LogP contribution in [-0.2, 0) is 0 Å². The molecule has 2 aromatic heterocycles. The van der Waals surface area contributed by atoms with Gasteiger partial charge in [-0.15, -0.1) is 11.3 Å². The van der Waals surface area contributed by atoms with Crippen molar-refractivity contribution < 1.29 is 13.2 Å². The van der Waals surface area contributed by atoms with E-state index in [-0.39, 0.29) is 28.7 Å². The largest absolute Gasteiger partial charge is 0.422 e. The molecule has 1 aliphatic heterocycles. The van der Waals surface area contributed by atoms with Gasteiger partial charge >= 0.3 is 0 Å². The summed E-state index contributed by atoms with van der Waals surface area (Å²) in [5.41, 5.74) is 0.00496. The van der Waals surface area contributed by atoms with Gasteiger partial charge in [-0.1, -0.05) is 11.6 Å². The summed E-state index contributed by atoms with van der Waals surface area (Å²) >= 11 is 7.05. The molecule has 1 N–H and O–H groups in total. The summed E-state index contributed by atoms with van der Waals surface area (Å²) in [6, 6.07) is 0.385. The molecule has 9 heteroatoms. The lowest BCUT2D eigenvalue weighted by Gasteiger charge is -2.32. The number of fused-ring (bicyclic) bond motifs is 1. The molecular weight excluding hydrogens is 358 g/mol. The minimum Gasteiger partial charge on any atom is -0.422 e. The zero-order valence-corrected chi connectivity index (χ0v) is 14.2. The van der Waals surface area contributed by atoms with E-state index >= 15 is 0 Å². The van der Waals surface area contributed by atoms with Crippen LogP contribution in [0.15, 0.2) is 16.0 Å². The van der Waals surface area contributed by atoms with E-state index in [1.54, 1.807) is 5.38 Å².